The Labute approximate surface area is 293 Å². The van der Waals surface area contributed by atoms with E-state index < -0.39 is 29.2 Å². The summed E-state index contributed by atoms with van der Waals surface area (Å²) in [6.07, 6.45) is 9.57. The highest BCUT2D eigenvalue weighted by atomic mass is 16.3. The number of nitrogens with two attached hydrogens (primary N) is 1. The van der Waals surface area contributed by atoms with Gasteiger partial charge in [0.15, 0.2) is 0 Å². The normalized spacial score (nSPS) is 20.6. The van der Waals surface area contributed by atoms with Gasteiger partial charge in [0.25, 0.3) is 5.91 Å². The van der Waals surface area contributed by atoms with Crippen LogP contribution in [-0.4, -0.2) is 70.3 Å². The maximum atomic E-state index is 13.7. The molecule has 1 aromatic rings. The number of carbonyl (C=O) groups excluding carboxylic acids is 5. The third-order valence-corrected chi connectivity index (χ3v) is 10.1. The first kappa shape index (κ1) is 41.5. The van der Waals surface area contributed by atoms with Crippen LogP contribution >= 0.6 is 0 Å². The summed E-state index contributed by atoms with van der Waals surface area (Å²) in [4.78, 5) is 61.2. The molecule has 6 N–H and O–H groups in total. The van der Waals surface area contributed by atoms with Crippen LogP contribution in [0, 0.1) is 23.2 Å². The van der Waals surface area contributed by atoms with Crippen molar-refractivity contribution in [2.24, 2.45) is 28.9 Å². The number of hydrogen-bond acceptors (Lipinski definition) is 6. The number of benzene rings is 1. The topological polar surface area (TPSA) is 171 Å². The van der Waals surface area contributed by atoms with Gasteiger partial charge in [-0.05, 0) is 79.9 Å². The number of aromatic hydroxyl groups is 1. The van der Waals surface area contributed by atoms with Crippen LogP contribution in [-0.2, 0) is 25.6 Å². The number of amides is 5. The zero-order valence-corrected chi connectivity index (χ0v) is 31.1. The molecule has 1 aromatic carbocycles. The number of hydrogen-bond donors (Lipinski definition) is 5. The highest BCUT2D eigenvalue weighted by Gasteiger charge is 2.42. The monoisotopic (exact) mass is 685 g/mol. The molecule has 3 rings (SSSR count). The standard InChI is InChI=1S/C28H45N3O3.C10H18N2O3/c1-19(2)22-15-20(3)31(18-22)25(33)24(27(4,5)6)29-26(34)30-28(13-8-7-9-14-28)17-21-11-10-12-23(32)16-21;1-3-4-7(2)5-8(12-6-13)9(14)10(11)15/h10-12,16,19-20,22,24,32H,7-9,13-15,17-18H2,1-6H3,(H2,29,30,34);6-8H,3-5H2,1-2H3,(H2,11,15)(H,12,13). The molecule has 276 valence electrons. The Bertz CT molecular complexity index is 1260. The molecule has 0 aromatic heterocycles. The second-order valence-electron chi connectivity index (χ2n) is 15.9. The van der Waals surface area contributed by atoms with E-state index in [-0.39, 0.29) is 35.2 Å². The summed E-state index contributed by atoms with van der Waals surface area (Å²) in [7, 11) is 0. The Balaban J connectivity index is 0.000000469. The summed E-state index contributed by atoms with van der Waals surface area (Å²) in [6, 6.07) is 5.82. The minimum atomic E-state index is -1.00. The van der Waals surface area contributed by atoms with Gasteiger partial charge in [-0.2, -0.15) is 0 Å². The number of nitrogens with zero attached hydrogens (tertiary/aromatic N) is 1. The zero-order valence-electron chi connectivity index (χ0n) is 31.1. The minimum Gasteiger partial charge on any atom is -0.508 e. The smallest absolute Gasteiger partial charge is 0.315 e. The third-order valence-electron chi connectivity index (χ3n) is 10.1. The lowest BCUT2D eigenvalue weighted by Gasteiger charge is -2.40. The van der Waals surface area contributed by atoms with Crippen molar-refractivity contribution < 1.29 is 29.1 Å². The van der Waals surface area contributed by atoms with Crippen molar-refractivity contribution in [2.45, 2.75) is 143 Å². The van der Waals surface area contributed by atoms with Crippen molar-refractivity contribution in [1.29, 1.82) is 0 Å². The van der Waals surface area contributed by atoms with E-state index in [0.717, 1.165) is 63.5 Å². The van der Waals surface area contributed by atoms with E-state index in [9.17, 15) is 29.1 Å². The fraction of sp³-hybridized carbons (Fsp3) is 0.711. The highest BCUT2D eigenvalue weighted by Crippen LogP contribution is 2.34. The first-order valence-electron chi connectivity index (χ1n) is 18.1. The van der Waals surface area contributed by atoms with Gasteiger partial charge in [0.1, 0.15) is 11.8 Å². The van der Waals surface area contributed by atoms with Crippen molar-refractivity contribution in [1.82, 2.24) is 20.9 Å². The lowest BCUT2D eigenvalue weighted by Crippen LogP contribution is -2.61. The summed E-state index contributed by atoms with van der Waals surface area (Å²) in [5, 5.41) is 18.6. The Morgan fingerprint density at radius 3 is 2.27 bits per heavy atom. The molecule has 1 heterocycles. The molecule has 5 unspecified atom stereocenters. The predicted molar refractivity (Wildman–Crippen MR) is 193 cm³/mol. The summed E-state index contributed by atoms with van der Waals surface area (Å²) in [5.74, 6) is -0.164. The first-order chi connectivity index (χ1) is 22.9. The molecule has 2 aliphatic rings. The number of rotatable bonds is 14. The van der Waals surface area contributed by atoms with Crippen molar-refractivity contribution in [2.75, 3.05) is 6.54 Å². The quantitative estimate of drug-likeness (QED) is 0.133. The van der Waals surface area contributed by atoms with Gasteiger partial charge in [-0.1, -0.05) is 92.7 Å². The van der Waals surface area contributed by atoms with Gasteiger partial charge in [0.05, 0.1) is 6.04 Å². The van der Waals surface area contributed by atoms with E-state index in [4.69, 9.17) is 5.73 Å². The second-order valence-corrected chi connectivity index (χ2v) is 15.9. The van der Waals surface area contributed by atoms with Crippen LogP contribution in [0.3, 0.4) is 0 Å². The molecule has 5 amide bonds. The van der Waals surface area contributed by atoms with Gasteiger partial charge in [-0.25, -0.2) is 4.79 Å². The maximum Gasteiger partial charge on any atom is 0.315 e. The average Bonchev–Trinajstić information content (AvgIpc) is 3.41. The molecule has 1 aliphatic carbocycles. The Morgan fingerprint density at radius 1 is 1.10 bits per heavy atom. The molecule has 2 fully saturated rings. The zero-order chi connectivity index (χ0) is 36.9. The largest absolute Gasteiger partial charge is 0.508 e. The molecular weight excluding hydrogens is 622 g/mol. The number of nitrogens with one attached hydrogen (secondary N) is 3. The molecule has 11 heteroatoms. The fourth-order valence-electron chi connectivity index (χ4n) is 7.23. The Morgan fingerprint density at radius 2 is 1.76 bits per heavy atom. The Kier molecular flexibility index (Phi) is 16.1. The van der Waals surface area contributed by atoms with Crippen molar-refractivity contribution >= 4 is 30.0 Å². The molecule has 0 spiro atoms. The molecule has 1 aliphatic heterocycles. The molecule has 1 saturated heterocycles. The number of carbonyl (C=O) groups is 5. The Hall–Kier alpha value is -3.63. The van der Waals surface area contributed by atoms with Crippen LogP contribution in [0.2, 0.25) is 0 Å². The number of Topliss-reactive ketones (excluding diaryl/α,β-unsaturated/α-hetero) is 1. The molecule has 1 saturated carbocycles. The number of urea groups is 1. The van der Waals surface area contributed by atoms with Crippen LogP contribution < -0.4 is 21.7 Å². The van der Waals surface area contributed by atoms with Crippen LogP contribution in [0.25, 0.3) is 0 Å². The summed E-state index contributed by atoms with van der Waals surface area (Å²) in [6.45, 7) is 17.4. The van der Waals surface area contributed by atoms with Gasteiger partial charge in [-0.15, -0.1) is 0 Å². The predicted octanol–water partition coefficient (Wildman–Crippen LogP) is 5.23. The summed E-state index contributed by atoms with van der Waals surface area (Å²) in [5.41, 5.74) is 5.11. The van der Waals surface area contributed by atoms with E-state index >= 15 is 0 Å². The van der Waals surface area contributed by atoms with Crippen LogP contribution in [0.1, 0.15) is 119 Å². The lowest BCUT2D eigenvalue weighted by molar-refractivity contribution is -0.137. The first-order valence-corrected chi connectivity index (χ1v) is 18.1. The third kappa shape index (κ3) is 13.0. The molecular formula is C38H63N5O6. The average molecular weight is 686 g/mol. The van der Waals surface area contributed by atoms with Crippen LogP contribution in [0.15, 0.2) is 24.3 Å². The van der Waals surface area contributed by atoms with Gasteiger partial charge in [-0.3, -0.25) is 19.2 Å². The molecule has 49 heavy (non-hydrogen) atoms. The van der Waals surface area contributed by atoms with Gasteiger partial charge in [0, 0.05) is 18.1 Å². The number of phenols is 1. The van der Waals surface area contributed by atoms with Crippen LogP contribution in [0.5, 0.6) is 5.75 Å². The highest BCUT2D eigenvalue weighted by molar-refractivity contribution is 6.37. The fourth-order valence-corrected chi connectivity index (χ4v) is 7.23. The maximum absolute atomic E-state index is 13.7. The van der Waals surface area contributed by atoms with Gasteiger partial charge >= 0.3 is 6.03 Å². The van der Waals surface area contributed by atoms with E-state index in [2.05, 4.69) is 36.7 Å². The summed E-state index contributed by atoms with van der Waals surface area (Å²) >= 11 is 0. The number of likely N-dealkylation sites (tertiary alicyclic amines) is 1. The lowest BCUT2D eigenvalue weighted by atomic mass is 9.77. The second kappa shape index (κ2) is 18.9. The van der Waals surface area contributed by atoms with Gasteiger partial charge in [0.2, 0.25) is 18.1 Å². The SMILES string of the molecule is CC(C)C1CC(C)N(C(=O)C(NC(=O)NC2(Cc3cccc(O)c3)CCCCC2)C(C)(C)C)C1.CCCC(C)CC(NC=O)C(=O)C(N)=O. The number of primary amides is 1. The van der Waals surface area contributed by atoms with Crippen LogP contribution in [0.4, 0.5) is 4.79 Å². The van der Waals surface area contributed by atoms with Crippen molar-refractivity contribution in [3.8, 4) is 5.75 Å². The summed E-state index contributed by atoms with van der Waals surface area (Å²) < 4.78 is 0. The van der Waals surface area contributed by atoms with E-state index in [1.54, 1.807) is 12.1 Å². The molecule has 11 nitrogen and oxygen atoms in total. The van der Waals surface area contributed by atoms with E-state index in [1.165, 1.54) is 0 Å². The van der Waals surface area contributed by atoms with Gasteiger partial charge < -0.3 is 31.7 Å². The minimum absolute atomic E-state index is 0.0176. The molecule has 0 bridgehead atoms. The number of ketones is 1. The molecule has 0 radical (unpaired) electrons. The van der Waals surface area contributed by atoms with E-state index in [1.807, 2.05) is 51.7 Å². The van der Waals surface area contributed by atoms with E-state index in [0.29, 0.717) is 31.1 Å². The number of phenolic OH excluding ortho intramolecular Hbond substituents is 1. The van der Waals surface area contributed by atoms with Crippen molar-refractivity contribution in [3.63, 3.8) is 0 Å². The molecule has 5 atom stereocenters. The van der Waals surface area contributed by atoms with Crippen molar-refractivity contribution in [3.05, 3.63) is 29.8 Å².